The number of sulfonamides is 1. The van der Waals surface area contributed by atoms with Crippen LogP contribution >= 0.6 is 11.6 Å². The Labute approximate surface area is 174 Å². The van der Waals surface area contributed by atoms with E-state index in [2.05, 4.69) is 15.2 Å². The van der Waals surface area contributed by atoms with Gasteiger partial charge in [-0.05, 0) is 67.9 Å². The smallest absolute Gasteiger partial charge is 0.276 e. The normalized spacial score (nSPS) is 13.0. The van der Waals surface area contributed by atoms with Crippen molar-refractivity contribution in [1.82, 2.24) is 4.83 Å². The largest absolute Gasteiger partial charge is 0.453 e. The van der Waals surface area contributed by atoms with Crippen LogP contribution in [0.15, 0.2) is 70.7 Å². The lowest BCUT2D eigenvalue weighted by atomic mass is 10.1. The van der Waals surface area contributed by atoms with Gasteiger partial charge in [0.15, 0.2) is 11.5 Å². The first-order chi connectivity index (χ1) is 13.8. The van der Waals surface area contributed by atoms with Crippen LogP contribution in [0.4, 0.5) is 11.4 Å². The maximum absolute atomic E-state index is 12.4. The fourth-order valence-electron chi connectivity index (χ4n) is 2.86. The van der Waals surface area contributed by atoms with Gasteiger partial charge >= 0.3 is 0 Å². The van der Waals surface area contributed by atoms with Crippen molar-refractivity contribution >= 4 is 38.7 Å². The van der Waals surface area contributed by atoms with E-state index in [-0.39, 0.29) is 4.90 Å². The Morgan fingerprint density at radius 2 is 1.66 bits per heavy atom. The van der Waals surface area contributed by atoms with Crippen molar-refractivity contribution in [3.63, 3.8) is 0 Å². The van der Waals surface area contributed by atoms with Gasteiger partial charge in [-0.25, -0.2) is 0 Å². The Morgan fingerprint density at radius 3 is 2.38 bits per heavy atom. The molecule has 0 amide bonds. The Balaban J connectivity index is 1.56. The quantitative estimate of drug-likeness (QED) is 0.346. The van der Waals surface area contributed by atoms with Crippen molar-refractivity contribution in [1.29, 1.82) is 0 Å². The van der Waals surface area contributed by atoms with Crippen molar-refractivity contribution in [2.75, 3.05) is 5.32 Å². The molecule has 0 atom stereocenters. The minimum atomic E-state index is -3.73. The number of anilines is 2. The summed E-state index contributed by atoms with van der Waals surface area (Å²) in [5.41, 5.74) is 3.75. The summed E-state index contributed by atoms with van der Waals surface area (Å²) < 4.78 is 30.7. The molecule has 0 aromatic heterocycles. The fraction of sp³-hybridized carbons (Fsp3) is 0.0952. The number of nitrogens with one attached hydrogen (secondary N) is 2. The molecule has 0 saturated heterocycles. The Morgan fingerprint density at radius 1 is 1.00 bits per heavy atom. The molecule has 0 saturated carbocycles. The molecule has 3 aromatic rings. The first kappa shape index (κ1) is 19.3. The van der Waals surface area contributed by atoms with Gasteiger partial charge in [-0.15, -0.1) is 0 Å². The SMILES string of the molecule is C/C(=N\NS(=O)(=O)c1ccc(C)cc1)c1ccc2c(c1)Nc1cc(Cl)ccc1O2. The predicted molar refractivity (Wildman–Crippen MR) is 115 cm³/mol. The Bertz CT molecular complexity index is 1220. The van der Waals surface area contributed by atoms with E-state index in [1.807, 2.05) is 25.1 Å². The fourth-order valence-corrected chi connectivity index (χ4v) is 3.89. The summed E-state index contributed by atoms with van der Waals surface area (Å²) in [5.74, 6) is 1.35. The van der Waals surface area contributed by atoms with Gasteiger partial charge in [0.1, 0.15) is 0 Å². The highest BCUT2D eigenvalue weighted by Gasteiger charge is 2.18. The number of nitrogens with zero attached hydrogens (tertiary/aromatic N) is 1. The summed E-state index contributed by atoms with van der Waals surface area (Å²) in [4.78, 5) is 2.45. The van der Waals surface area contributed by atoms with Gasteiger partial charge in [-0.3, -0.25) is 0 Å². The molecule has 29 heavy (non-hydrogen) atoms. The van der Waals surface area contributed by atoms with Gasteiger partial charge in [0.2, 0.25) is 0 Å². The van der Waals surface area contributed by atoms with Crippen molar-refractivity contribution < 1.29 is 13.2 Å². The van der Waals surface area contributed by atoms with E-state index in [1.54, 1.807) is 49.4 Å². The van der Waals surface area contributed by atoms with Crippen molar-refractivity contribution in [3.05, 3.63) is 76.8 Å². The minimum Gasteiger partial charge on any atom is -0.453 e. The zero-order valence-electron chi connectivity index (χ0n) is 15.7. The van der Waals surface area contributed by atoms with Crippen LogP contribution < -0.4 is 14.9 Å². The van der Waals surface area contributed by atoms with Gasteiger partial charge in [0.25, 0.3) is 10.0 Å². The molecule has 1 aliphatic heterocycles. The molecule has 6 nitrogen and oxygen atoms in total. The van der Waals surface area contributed by atoms with Gasteiger partial charge in [-0.2, -0.15) is 18.4 Å². The van der Waals surface area contributed by atoms with Crippen molar-refractivity contribution in [3.8, 4) is 11.5 Å². The second-order valence-electron chi connectivity index (χ2n) is 6.68. The topological polar surface area (TPSA) is 79.8 Å². The molecule has 148 valence electrons. The second-order valence-corrected chi connectivity index (χ2v) is 8.78. The summed E-state index contributed by atoms with van der Waals surface area (Å²) in [6.07, 6.45) is 0. The lowest BCUT2D eigenvalue weighted by molar-refractivity contribution is 0.481. The summed E-state index contributed by atoms with van der Waals surface area (Å²) >= 11 is 6.05. The van der Waals surface area contributed by atoms with E-state index in [4.69, 9.17) is 16.3 Å². The molecule has 8 heteroatoms. The Kier molecular flexibility index (Phi) is 4.94. The van der Waals surface area contributed by atoms with Crippen molar-refractivity contribution in [2.45, 2.75) is 18.7 Å². The number of ether oxygens (including phenoxy) is 1. The molecular formula is C21H18ClN3O3S. The van der Waals surface area contributed by atoms with E-state index in [9.17, 15) is 8.42 Å². The maximum Gasteiger partial charge on any atom is 0.276 e. The monoisotopic (exact) mass is 427 g/mol. The highest BCUT2D eigenvalue weighted by molar-refractivity contribution is 7.89. The molecule has 1 aliphatic rings. The van der Waals surface area contributed by atoms with E-state index in [0.717, 1.165) is 22.5 Å². The van der Waals surface area contributed by atoms with Crippen LogP contribution in [-0.4, -0.2) is 14.1 Å². The molecule has 1 heterocycles. The zero-order chi connectivity index (χ0) is 20.6. The summed E-state index contributed by atoms with van der Waals surface area (Å²) in [6.45, 7) is 3.63. The van der Waals surface area contributed by atoms with Crippen LogP contribution in [0.25, 0.3) is 0 Å². The predicted octanol–water partition coefficient (Wildman–Crippen LogP) is 5.20. The lowest BCUT2D eigenvalue weighted by Gasteiger charge is -2.22. The summed E-state index contributed by atoms with van der Waals surface area (Å²) in [6, 6.07) is 17.4. The third-order valence-electron chi connectivity index (χ3n) is 4.49. The first-order valence-electron chi connectivity index (χ1n) is 8.83. The number of hydrogen-bond donors (Lipinski definition) is 2. The number of hydrazone groups is 1. The van der Waals surface area contributed by atoms with E-state index in [0.29, 0.717) is 22.2 Å². The van der Waals surface area contributed by atoms with E-state index >= 15 is 0 Å². The molecule has 4 rings (SSSR count). The number of benzene rings is 3. The summed E-state index contributed by atoms with van der Waals surface area (Å²) in [5, 5.41) is 7.94. The van der Waals surface area contributed by atoms with E-state index in [1.165, 1.54) is 0 Å². The zero-order valence-corrected chi connectivity index (χ0v) is 17.3. The molecule has 2 N–H and O–H groups in total. The van der Waals surface area contributed by atoms with Crippen molar-refractivity contribution in [2.24, 2.45) is 5.10 Å². The van der Waals surface area contributed by atoms with Crippen LogP contribution in [0, 0.1) is 6.92 Å². The Hall–Kier alpha value is -3.03. The molecule has 3 aromatic carbocycles. The minimum absolute atomic E-state index is 0.161. The third kappa shape index (κ3) is 4.06. The molecule has 0 bridgehead atoms. The number of halogens is 1. The van der Waals surface area contributed by atoms with Gasteiger partial charge in [-0.1, -0.05) is 29.3 Å². The van der Waals surface area contributed by atoms with Crippen LogP contribution in [0.3, 0.4) is 0 Å². The number of fused-ring (bicyclic) bond motifs is 2. The third-order valence-corrected chi connectivity index (χ3v) is 5.95. The van der Waals surface area contributed by atoms with Crippen LogP contribution in [0.1, 0.15) is 18.1 Å². The van der Waals surface area contributed by atoms with E-state index < -0.39 is 10.0 Å². The molecule has 0 aliphatic carbocycles. The average molecular weight is 428 g/mol. The number of hydrogen-bond acceptors (Lipinski definition) is 5. The first-order valence-corrected chi connectivity index (χ1v) is 10.7. The van der Waals surface area contributed by atoms with Crippen LogP contribution in [0.2, 0.25) is 5.02 Å². The van der Waals surface area contributed by atoms with Gasteiger partial charge in [0, 0.05) is 5.02 Å². The molecule has 0 unspecified atom stereocenters. The highest BCUT2D eigenvalue weighted by atomic mass is 35.5. The van der Waals surface area contributed by atoms with Crippen LogP contribution in [0.5, 0.6) is 11.5 Å². The van der Waals surface area contributed by atoms with Crippen LogP contribution in [-0.2, 0) is 10.0 Å². The molecular weight excluding hydrogens is 410 g/mol. The standard InChI is InChI=1S/C21H18ClN3O3S/c1-13-3-7-17(8-4-13)29(26,27)25-24-14(2)15-5-9-20-18(11-15)23-19-12-16(22)6-10-21(19)28-20/h3-12,23,25H,1-2H3/b24-14+. The van der Waals surface area contributed by atoms with Gasteiger partial charge in [0.05, 0.1) is 22.0 Å². The summed E-state index contributed by atoms with van der Waals surface area (Å²) in [7, 11) is -3.73. The molecule has 0 fully saturated rings. The number of aryl methyl sites for hydroxylation is 1. The second kappa shape index (κ2) is 7.42. The maximum atomic E-state index is 12.4. The van der Waals surface area contributed by atoms with Gasteiger partial charge < -0.3 is 10.1 Å². The number of rotatable bonds is 4. The molecule has 0 spiro atoms. The average Bonchev–Trinajstić information content (AvgIpc) is 2.70. The lowest BCUT2D eigenvalue weighted by Crippen LogP contribution is -2.20. The highest BCUT2D eigenvalue weighted by Crippen LogP contribution is 2.43. The molecule has 0 radical (unpaired) electrons.